The van der Waals surface area contributed by atoms with Crippen LogP contribution in [-0.2, 0) is 17.8 Å². The van der Waals surface area contributed by atoms with E-state index < -0.39 is 0 Å². The van der Waals surface area contributed by atoms with E-state index in [2.05, 4.69) is 33.4 Å². The maximum absolute atomic E-state index is 12.8. The summed E-state index contributed by atoms with van der Waals surface area (Å²) in [6.45, 7) is 6.22. The Balaban J connectivity index is 1.33. The van der Waals surface area contributed by atoms with Gasteiger partial charge in [0.1, 0.15) is 5.65 Å². The zero-order chi connectivity index (χ0) is 21.1. The van der Waals surface area contributed by atoms with E-state index in [4.69, 9.17) is 5.26 Å². The van der Waals surface area contributed by atoms with Gasteiger partial charge in [0.15, 0.2) is 0 Å². The van der Waals surface area contributed by atoms with Gasteiger partial charge in [0.25, 0.3) is 0 Å². The molecule has 1 aliphatic rings. The summed E-state index contributed by atoms with van der Waals surface area (Å²) in [4.78, 5) is 22.5. The molecule has 30 heavy (non-hydrogen) atoms. The lowest BCUT2D eigenvalue weighted by molar-refractivity contribution is -0.132. The van der Waals surface area contributed by atoms with Crippen molar-refractivity contribution in [2.45, 2.75) is 58.4 Å². The number of carbonyl (C=O) groups excluding carboxylic acids is 1. The highest BCUT2D eigenvalue weighted by molar-refractivity contribution is 5.80. The topological polar surface area (TPSA) is 90.6 Å². The summed E-state index contributed by atoms with van der Waals surface area (Å²) in [5.41, 5.74) is 5.43. The monoisotopic (exact) mass is 404 g/mol. The van der Waals surface area contributed by atoms with Gasteiger partial charge in [-0.1, -0.05) is 0 Å². The lowest BCUT2D eigenvalue weighted by Gasteiger charge is -2.32. The summed E-state index contributed by atoms with van der Waals surface area (Å²) < 4.78 is 1.89. The molecule has 1 amide bonds. The number of aromatic amines is 1. The van der Waals surface area contributed by atoms with Crippen molar-refractivity contribution in [2.75, 3.05) is 13.1 Å². The first-order chi connectivity index (χ1) is 14.6. The van der Waals surface area contributed by atoms with Crippen LogP contribution in [0.2, 0.25) is 0 Å². The number of aryl methyl sites for hydroxylation is 2. The smallest absolute Gasteiger partial charge is 0.222 e. The second kappa shape index (κ2) is 8.70. The largest absolute Gasteiger partial charge is 0.346 e. The number of nitriles is 1. The molecular weight excluding hydrogens is 376 g/mol. The van der Waals surface area contributed by atoms with Crippen LogP contribution >= 0.6 is 0 Å². The lowest BCUT2D eigenvalue weighted by Crippen LogP contribution is -2.38. The standard InChI is InChI=1S/C23H28N6O/c1-16-19(17(2)29(27-16)12-4-10-24)6-7-22(30)28-13-8-18(9-14-28)21-15-26-23-20(21)5-3-11-25-23/h3,5,11,15,18H,4,6-9,12-14H2,1-2H3,(H,25,26). The van der Waals surface area contributed by atoms with Crippen molar-refractivity contribution in [3.63, 3.8) is 0 Å². The zero-order valence-electron chi connectivity index (χ0n) is 17.7. The Bertz CT molecular complexity index is 1080. The first-order valence-electron chi connectivity index (χ1n) is 10.7. The molecule has 4 heterocycles. The Labute approximate surface area is 176 Å². The molecule has 0 radical (unpaired) electrons. The maximum Gasteiger partial charge on any atom is 0.222 e. The molecule has 3 aromatic heterocycles. The lowest BCUT2D eigenvalue weighted by atomic mass is 9.89. The molecule has 4 rings (SSSR count). The Morgan fingerprint density at radius 1 is 1.33 bits per heavy atom. The third kappa shape index (κ3) is 3.95. The van der Waals surface area contributed by atoms with Crippen LogP contribution in [0.15, 0.2) is 24.5 Å². The number of nitrogens with zero attached hydrogens (tertiary/aromatic N) is 5. The molecule has 0 atom stereocenters. The number of likely N-dealkylation sites (tertiary alicyclic amines) is 1. The Kier molecular flexibility index (Phi) is 5.84. The van der Waals surface area contributed by atoms with Crippen molar-refractivity contribution in [1.29, 1.82) is 5.26 Å². The fourth-order valence-corrected chi connectivity index (χ4v) is 4.61. The normalized spacial score (nSPS) is 14.9. The molecule has 156 valence electrons. The van der Waals surface area contributed by atoms with Crippen molar-refractivity contribution >= 4 is 16.9 Å². The summed E-state index contributed by atoms with van der Waals surface area (Å²) in [5, 5.41) is 14.5. The number of pyridine rings is 1. The quantitative estimate of drug-likeness (QED) is 0.679. The molecule has 0 bridgehead atoms. The molecule has 1 aliphatic heterocycles. The van der Waals surface area contributed by atoms with Crippen LogP contribution in [0.25, 0.3) is 11.0 Å². The molecule has 1 fully saturated rings. The van der Waals surface area contributed by atoms with Gasteiger partial charge in [-0.25, -0.2) is 4.98 Å². The third-order valence-electron chi connectivity index (χ3n) is 6.33. The molecule has 1 N–H and O–H groups in total. The minimum absolute atomic E-state index is 0.220. The van der Waals surface area contributed by atoms with Crippen LogP contribution < -0.4 is 0 Å². The van der Waals surface area contributed by atoms with E-state index in [-0.39, 0.29) is 5.91 Å². The average molecular weight is 405 g/mol. The van der Waals surface area contributed by atoms with Gasteiger partial charge in [0.2, 0.25) is 5.91 Å². The molecule has 0 unspecified atom stereocenters. The number of carbonyl (C=O) groups is 1. The highest BCUT2D eigenvalue weighted by atomic mass is 16.2. The van der Waals surface area contributed by atoms with Gasteiger partial charge in [0, 0.05) is 43.0 Å². The highest BCUT2D eigenvalue weighted by Crippen LogP contribution is 2.32. The fraction of sp³-hybridized carbons (Fsp3) is 0.478. The summed E-state index contributed by atoms with van der Waals surface area (Å²) in [7, 11) is 0. The third-order valence-corrected chi connectivity index (χ3v) is 6.33. The van der Waals surface area contributed by atoms with Gasteiger partial charge in [-0.05, 0) is 62.3 Å². The number of amides is 1. The Hall–Kier alpha value is -3.14. The molecule has 0 aliphatic carbocycles. The van der Waals surface area contributed by atoms with Crippen molar-refractivity contribution in [3.05, 3.63) is 47.0 Å². The second-order valence-electron chi connectivity index (χ2n) is 8.08. The molecule has 3 aromatic rings. The summed E-state index contributed by atoms with van der Waals surface area (Å²) in [6.07, 6.45) is 7.51. The van der Waals surface area contributed by atoms with Gasteiger partial charge in [0.05, 0.1) is 24.7 Å². The summed E-state index contributed by atoms with van der Waals surface area (Å²) >= 11 is 0. The fourth-order valence-electron chi connectivity index (χ4n) is 4.61. The molecule has 1 saturated heterocycles. The Morgan fingerprint density at radius 2 is 2.13 bits per heavy atom. The van der Waals surface area contributed by atoms with Crippen LogP contribution in [0.3, 0.4) is 0 Å². The first kappa shape index (κ1) is 20.1. The molecule has 0 aromatic carbocycles. The zero-order valence-corrected chi connectivity index (χ0v) is 17.7. The van der Waals surface area contributed by atoms with E-state index in [0.717, 1.165) is 48.5 Å². The van der Waals surface area contributed by atoms with Gasteiger partial charge in [-0.3, -0.25) is 9.48 Å². The van der Waals surface area contributed by atoms with Crippen LogP contribution in [0.4, 0.5) is 0 Å². The van der Waals surface area contributed by atoms with Crippen LogP contribution in [-0.4, -0.2) is 43.6 Å². The van der Waals surface area contributed by atoms with E-state index in [1.807, 2.05) is 29.5 Å². The van der Waals surface area contributed by atoms with Crippen molar-refractivity contribution in [3.8, 4) is 6.07 Å². The summed E-state index contributed by atoms with van der Waals surface area (Å²) in [6, 6.07) is 6.26. The van der Waals surface area contributed by atoms with Gasteiger partial charge < -0.3 is 9.88 Å². The molecule has 0 saturated carbocycles. The number of nitrogens with one attached hydrogen (secondary N) is 1. The van der Waals surface area contributed by atoms with Crippen molar-refractivity contribution in [2.24, 2.45) is 0 Å². The summed E-state index contributed by atoms with van der Waals surface area (Å²) in [5.74, 6) is 0.687. The van der Waals surface area contributed by atoms with Crippen molar-refractivity contribution < 1.29 is 4.79 Å². The van der Waals surface area contributed by atoms with Gasteiger partial charge in [-0.15, -0.1) is 0 Å². The first-order valence-corrected chi connectivity index (χ1v) is 10.7. The SMILES string of the molecule is Cc1nn(CCC#N)c(C)c1CCC(=O)N1CCC(c2c[nH]c3ncccc23)CC1. The molecular formula is C23H28N6O. The van der Waals surface area contributed by atoms with Gasteiger partial charge >= 0.3 is 0 Å². The van der Waals surface area contributed by atoms with Crippen LogP contribution in [0, 0.1) is 25.2 Å². The van der Waals surface area contributed by atoms with Crippen molar-refractivity contribution in [1.82, 2.24) is 24.6 Å². The highest BCUT2D eigenvalue weighted by Gasteiger charge is 2.25. The minimum atomic E-state index is 0.220. The average Bonchev–Trinajstić information content (AvgIpc) is 3.31. The molecule has 7 nitrogen and oxygen atoms in total. The van der Waals surface area contributed by atoms with Crippen LogP contribution in [0.5, 0.6) is 0 Å². The molecule has 0 spiro atoms. The van der Waals surface area contributed by atoms with E-state index in [1.54, 1.807) is 6.20 Å². The number of aromatic nitrogens is 4. The van der Waals surface area contributed by atoms with E-state index in [0.29, 0.717) is 31.7 Å². The minimum Gasteiger partial charge on any atom is -0.346 e. The maximum atomic E-state index is 12.8. The second-order valence-corrected chi connectivity index (χ2v) is 8.08. The number of piperidine rings is 1. The number of H-pyrrole nitrogens is 1. The van der Waals surface area contributed by atoms with Gasteiger partial charge in [-0.2, -0.15) is 10.4 Å². The van der Waals surface area contributed by atoms with E-state index in [9.17, 15) is 4.79 Å². The number of hydrogen-bond acceptors (Lipinski definition) is 4. The number of hydrogen-bond donors (Lipinski definition) is 1. The number of fused-ring (bicyclic) bond motifs is 1. The number of rotatable bonds is 6. The predicted octanol–water partition coefficient (Wildman–Crippen LogP) is 3.63. The Morgan fingerprint density at radius 3 is 2.90 bits per heavy atom. The van der Waals surface area contributed by atoms with E-state index in [1.165, 1.54) is 10.9 Å². The van der Waals surface area contributed by atoms with E-state index >= 15 is 0 Å². The van der Waals surface area contributed by atoms with Crippen LogP contribution in [0.1, 0.15) is 54.1 Å². The predicted molar refractivity (Wildman–Crippen MR) is 115 cm³/mol. The molecule has 7 heteroatoms.